The van der Waals surface area contributed by atoms with E-state index >= 15 is 0 Å². The van der Waals surface area contributed by atoms with E-state index in [-0.39, 0.29) is 18.1 Å². The highest BCUT2D eigenvalue weighted by Crippen LogP contribution is 2.21. The summed E-state index contributed by atoms with van der Waals surface area (Å²) in [4.78, 5) is 37.3. The lowest BCUT2D eigenvalue weighted by atomic mass is 10.1. The van der Waals surface area contributed by atoms with Gasteiger partial charge >= 0.3 is 0 Å². The molecule has 0 atom stereocenters. The molecule has 2 amide bonds. The van der Waals surface area contributed by atoms with Crippen LogP contribution in [0.4, 0.5) is 11.4 Å². The van der Waals surface area contributed by atoms with E-state index in [4.69, 9.17) is 0 Å². The highest BCUT2D eigenvalue weighted by Gasteiger charge is 2.21. The smallest absolute Gasteiger partial charge is 0.270 e. The zero-order valence-corrected chi connectivity index (χ0v) is 16.8. The Kier molecular flexibility index (Phi) is 6.85. The van der Waals surface area contributed by atoms with Crippen LogP contribution in [-0.4, -0.2) is 29.5 Å². The molecular weight excluding hydrogens is 396 g/mol. The van der Waals surface area contributed by atoms with Crippen LogP contribution in [0.15, 0.2) is 84.0 Å². The Hall–Kier alpha value is -4.33. The standard InChI is InChI=1S/C23H20N4O4/c1-17-8-5-6-13-21(17)26(23(29)19-10-3-2-4-11-19)16-22(28)25-24-15-18-9-7-12-20(14-18)27(30)31/h2-15H,16H2,1H3,(H,25,28)/b24-15-. The second kappa shape index (κ2) is 9.93. The first-order valence-corrected chi connectivity index (χ1v) is 9.44. The van der Waals surface area contributed by atoms with Gasteiger partial charge in [-0.15, -0.1) is 0 Å². The summed E-state index contributed by atoms with van der Waals surface area (Å²) < 4.78 is 0. The molecule has 3 aromatic carbocycles. The maximum atomic E-state index is 13.1. The molecule has 0 heterocycles. The fourth-order valence-electron chi connectivity index (χ4n) is 2.95. The number of hydrogen-bond acceptors (Lipinski definition) is 5. The normalized spacial score (nSPS) is 10.6. The average molecular weight is 416 g/mol. The molecule has 0 saturated carbocycles. The topological polar surface area (TPSA) is 105 Å². The third kappa shape index (κ3) is 5.60. The Morgan fingerprint density at radius 2 is 1.74 bits per heavy atom. The van der Waals surface area contributed by atoms with Gasteiger partial charge in [0, 0.05) is 28.9 Å². The number of nitrogens with zero attached hydrogens (tertiary/aromatic N) is 3. The van der Waals surface area contributed by atoms with E-state index in [2.05, 4.69) is 10.5 Å². The molecule has 31 heavy (non-hydrogen) atoms. The van der Waals surface area contributed by atoms with Crippen molar-refractivity contribution >= 4 is 29.4 Å². The summed E-state index contributed by atoms with van der Waals surface area (Å²) in [6, 6.07) is 21.8. The Morgan fingerprint density at radius 1 is 1.03 bits per heavy atom. The molecule has 0 unspecified atom stereocenters. The van der Waals surface area contributed by atoms with Gasteiger partial charge in [-0.1, -0.05) is 48.5 Å². The lowest BCUT2D eigenvalue weighted by Crippen LogP contribution is -2.40. The number of non-ortho nitro benzene ring substituents is 1. The van der Waals surface area contributed by atoms with Crippen molar-refractivity contribution in [2.24, 2.45) is 5.10 Å². The Bertz CT molecular complexity index is 1130. The Labute approximate surface area is 179 Å². The van der Waals surface area contributed by atoms with Gasteiger partial charge in [0.25, 0.3) is 17.5 Å². The van der Waals surface area contributed by atoms with E-state index in [9.17, 15) is 19.7 Å². The van der Waals surface area contributed by atoms with Crippen LogP contribution in [0.1, 0.15) is 21.5 Å². The summed E-state index contributed by atoms with van der Waals surface area (Å²) in [6.45, 7) is 1.61. The SMILES string of the molecule is Cc1ccccc1N(CC(=O)N/N=C\c1cccc([N+](=O)[O-])c1)C(=O)c1ccccc1. The predicted molar refractivity (Wildman–Crippen MR) is 118 cm³/mol. The number of carbonyl (C=O) groups is 2. The van der Waals surface area contributed by atoms with Crippen LogP contribution in [0.5, 0.6) is 0 Å². The van der Waals surface area contributed by atoms with Gasteiger partial charge in [-0.2, -0.15) is 5.10 Å². The minimum Gasteiger partial charge on any atom is -0.299 e. The van der Waals surface area contributed by atoms with Crippen molar-refractivity contribution < 1.29 is 14.5 Å². The van der Waals surface area contributed by atoms with E-state index in [0.717, 1.165) is 5.56 Å². The molecule has 0 aliphatic carbocycles. The van der Waals surface area contributed by atoms with Crippen molar-refractivity contribution in [3.63, 3.8) is 0 Å². The number of nitro groups is 1. The minimum absolute atomic E-state index is 0.0746. The second-order valence-electron chi connectivity index (χ2n) is 6.69. The number of carbonyl (C=O) groups excluding carboxylic acids is 2. The average Bonchev–Trinajstić information content (AvgIpc) is 2.78. The number of aryl methyl sites for hydroxylation is 1. The zero-order chi connectivity index (χ0) is 22.2. The number of para-hydroxylation sites is 1. The third-order valence-electron chi connectivity index (χ3n) is 4.46. The van der Waals surface area contributed by atoms with Crippen molar-refractivity contribution in [2.75, 3.05) is 11.4 Å². The number of benzene rings is 3. The molecule has 0 aliphatic heterocycles. The molecule has 8 nitrogen and oxygen atoms in total. The Morgan fingerprint density at radius 3 is 2.45 bits per heavy atom. The van der Waals surface area contributed by atoms with Crippen LogP contribution in [0.3, 0.4) is 0 Å². The first kappa shape index (κ1) is 21.4. The van der Waals surface area contributed by atoms with Crippen molar-refractivity contribution in [2.45, 2.75) is 6.92 Å². The number of hydrazone groups is 1. The second-order valence-corrected chi connectivity index (χ2v) is 6.69. The van der Waals surface area contributed by atoms with Crippen molar-refractivity contribution in [1.82, 2.24) is 5.43 Å². The molecule has 8 heteroatoms. The number of nitrogens with one attached hydrogen (secondary N) is 1. The molecule has 0 fully saturated rings. The van der Waals surface area contributed by atoms with Crippen LogP contribution < -0.4 is 10.3 Å². The summed E-state index contributed by atoms with van der Waals surface area (Å²) >= 11 is 0. The number of anilines is 1. The minimum atomic E-state index is -0.509. The fourth-order valence-corrected chi connectivity index (χ4v) is 2.95. The molecule has 0 aliphatic rings. The molecule has 1 N–H and O–H groups in total. The predicted octanol–water partition coefficient (Wildman–Crippen LogP) is 3.70. The van der Waals surface area contributed by atoms with Gasteiger partial charge in [0.2, 0.25) is 0 Å². The number of hydrogen-bond donors (Lipinski definition) is 1. The van der Waals surface area contributed by atoms with E-state index < -0.39 is 10.8 Å². The van der Waals surface area contributed by atoms with Gasteiger partial charge in [-0.3, -0.25) is 24.6 Å². The quantitative estimate of drug-likeness (QED) is 0.360. The molecule has 0 radical (unpaired) electrons. The lowest BCUT2D eigenvalue weighted by Gasteiger charge is -2.23. The van der Waals surface area contributed by atoms with Gasteiger partial charge in [-0.25, -0.2) is 5.43 Å². The van der Waals surface area contributed by atoms with Gasteiger partial charge in [-0.05, 0) is 30.7 Å². The molecular formula is C23H20N4O4. The van der Waals surface area contributed by atoms with Gasteiger partial charge in [0.1, 0.15) is 6.54 Å². The summed E-state index contributed by atoms with van der Waals surface area (Å²) in [5.41, 5.74) is 4.69. The molecule has 156 valence electrons. The third-order valence-corrected chi connectivity index (χ3v) is 4.46. The van der Waals surface area contributed by atoms with Crippen molar-refractivity contribution in [1.29, 1.82) is 0 Å². The monoisotopic (exact) mass is 416 g/mol. The first-order valence-electron chi connectivity index (χ1n) is 9.44. The number of rotatable bonds is 7. The largest absolute Gasteiger partial charge is 0.299 e. The van der Waals surface area contributed by atoms with E-state index in [1.54, 1.807) is 42.5 Å². The molecule has 3 aromatic rings. The van der Waals surface area contributed by atoms with Crippen LogP contribution in [0.25, 0.3) is 0 Å². The molecule has 0 spiro atoms. The van der Waals surface area contributed by atoms with Crippen LogP contribution in [0, 0.1) is 17.0 Å². The van der Waals surface area contributed by atoms with E-state index in [0.29, 0.717) is 16.8 Å². The van der Waals surface area contributed by atoms with Crippen molar-refractivity contribution in [3.05, 3.63) is 106 Å². The number of amides is 2. The highest BCUT2D eigenvalue weighted by molar-refractivity contribution is 6.09. The van der Waals surface area contributed by atoms with Crippen LogP contribution in [-0.2, 0) is 4.79 Å². The first-order chi connectivity index (χ1) is 15.0. The lowest BCUT2D eigenvalue weighted by molar-refractivity contribution is -0.384. The summed E-state index contributed by atoms with van der Waals surface area (Å²) in [7, 11) is 0. The van der Waals surface area contributed by atoms with Gasteiger partial charge in [0.05, 0.1) is 11.1 Å². The zero-order valence-electron chi connectivity index (χ0n) is 16.8. The van der Waals surface area contributed by atoms with Gasteiger partial charge < -0.3 is 0 Å². The fraction of sp³-hybridized carbons (Fsp3) is 0.0870. The maximum Gasteiger partial charge on any atom is 0.270 e. The van der Waals surface area contributed by atoms with Crippen LogP contribution >= 0.6 is 0 Å². The van der Waals surface area contributed by atoms with E-state index in [1.165, 1.54) is 29.3 Å². The highest BCUT2D eigenvalue weighted by atomic mass is 16.6. The van der Waals surface area contributed by atoms with Crippen molar-refractivity contribution in [3.8, 4) is 0 Å². The summed E-state index contributed by atoms with van der Waals surface area (Å²) in [5.74, 6) is -0.818. The number of nitro benzene ring substituents is 1. The molecule has 0 bridgehead atoms. The summed E-state index contributed by atoms with van der Waals surface area (Å²) in [5, 5.41) is 14.7. The Balaban J connectivity index is 1.76. The van der Waals surface area contributed by atoms with Crippen LogP contribution in [0.2, 0.25) is 0 Å². The molecule has 0 saturated heterocycles. The van der Waals surface area contributed by atoms with Gasteiger partial charge in [0.15, 0.2) is 0 Å². The summed E-state index contributed by atoms with van der Waals surface area (Å²) in [6.07, 6.45) is 1.31. The van der Waals surface area contributed by atoms with E-state index in [1.807, 2.05) is 25.1 Å². The molecule has 3 rings (SSSR count). The molecule has 0 aromatic heterocycles. The maximum absolute atomic E-state index is 13.1.